The standard InChI is InChI=1S/C25H30N2O6S2/c1-16-20(27(24(31)33-16)12-13-34-23-26-19(15-35-23)22(29)30)8-9-21(28)25(10-3-11-25)14-17-4-6-18(32-2)7-5-17/h4-9,15-16,20-21,28H,3,10-14H2,1-2H3,(H,29,30)/t16-,20-,21?/m0/s1. The number of carbonyl (C=O) groups is 2. The Morgan fingerprint density at radius 3 is 2.74 bits per heavy atom. The first kappa shape index (κ1) is 25.5. The third kappa shape index (κ3) is 5.82. The molecule has 1 saturated carbocycles. The molecule has 2 heterocycles. The van der Waals surface area contributed by atoms with Crippen LogP contribution in [0.2, 0.25) is 0 Å². The zero-order chi connectivity index (χ0) is 25.0. The summed E-state index contributed by atoms with van der Waals surface area (Å²) in [4.78, 5) is 29.2. The number of aromatic carboxylic acids is 1. The summed E-state index contributed by atoms with van der Waals surface area (Å²) in [5.41, 5.74) is 0.990. The fourth-order valence-electron chi connectivity index (χ4n) is 4.61. The molecule has 1 unspecified atom stereocenters. The summed E-state index contributed by atoms with van der Waals surface area (Å²) >= 11 is 2.68. The van der Waals surface area contributed by atoms with Gasteiger partial charge in [-0.2, -0.15) is 0 Å². The number of carbonyl (C=O) groups excluding carboxylic acids is 1. The number of amides is 1. The Bertz CT molecular complexity index is 1070. The zero-order valence-corrected chi connectivity index (χ0v) is 21.4. The van der Waals surface area contributed by atoms with Gasteiger partial charge in [0.15, 0.2) is 10.0 Å². The first-order chi connectivity index (χ1) is 16.8. The Morgan fingerprint density at radius 1 is 1.40 bits per heavy atom. The lowest BCUT2D eigenvalue weighted by molar-refractivity contribution is -0.00525. The number of carboxylic acid groups (broad SMARTS) is 1. The van der Waals surface area contributed by atoms with Crippen LogP contribution in [-0.4, -0.2) is 69.8 Å². The van der Waals surface area contributed by atoms with E-state index in [1.54, 1.807) is 12.0 Å². The van der Waals surface area contributed by atoms with E-state index < -0.39 is 12.1 Å². The Kier molecular flexibility index (Phi) is 8.03. The van der Waals surface area contributed by atoms with Crippen LogP contribution in [0.25, 0.3) is 0 Å². The van der Waals surface area contributed by atoms with E-state index in [0.29, 0.717) is 16.6 Å². The molecule has 0 radical (unpaired) electrons. The average Bonchev–Trinajstić information content (AvgIpc) is 3.39. The van der Waals surface area contributed by atoms with Crippen molar-refractivity contribution >= 4 is 35.2 Å². The van der Waals surface area contributed by atoms with Crippen LogP contribution >= 0.6 is 23.1 Å². The molecule has 1 aromatic carbocycles. The van der Waals surface area contributed by atoms with Crippen LogP contribution in [0.1, 0.15) is 42.2 Å². The van der Waals surface area contributed by atoms with Gasteiger partial charge in [-0.25, -0.2) is 14.6 Å². The van der Waals surface area contributed by atoms with Gasteiger partial charge in [0.2, 0.25) is 0 Å². The highest BCUT2D eigenvalue weighted by Gasteiger charge is 2.43. The average molecular weight is 519 g/mol. The number of nitrogens with zero attached hydrogens (tertiary/aromatic N) is 2. The summed E-state index contributed by atoms with van der Waals surface area (Å²) in [6, 6.07) is 7.69. The summed E-state index contributed by atoms with van der Waals surface area (Å²) in [6.45, 7) is 2.28. The monoisotopic (exact) mass is 518 g/mol. The summed E-state index contributed by atoms with van der Waals surface area (Å²) < 4.78 is 11.3. The van der Waals surface area contributed by atoms with Crippen LogP contribution < -0.4 is 4.74 Å². The Hall–Kier alpha value is -2.56. The van der Waals surface area contributed by atoms with Crippen molar-refractivity contribution in [3.63, 3.8) is 0 Å². The predicted octanol–water partition coefficient (Wildman–Crippen LogP) is 4.48. The van der Waals surface area contributed by atoms with Gasteiger partial charge in [-0.3, -0.25) is 4.90 Å². The molecule has 1 saturated heterocycles. The molecular weight excluding hydrogens is 488 g/mol. The van der Waals surface area contributed by atoms with E-state index in [1.165, 1.54) is 28.5 Å². The van der Waals surface area contributed by atoms with Crippen molar-refractivity contribution in [3.8, 4) is 5.75 Å². The molecule has 4 rings (SSSR count). The van der Waals surface area contributed by atoms with Gasteiger partial charge >= 0.3 is 12.1 Å². The highest BCUT2D eigenvalue weighted by Crippen LogP contribution is 2.47. The molecule has 3 atom stereocenters. The second-order valence-electron chi connectivity index (χ2n) is 9.00. The number of thioether (sulfide) groups is 1. The fourth-order valence-corrected chi connectivity index (χ4v) is 6.42. The second kappa shape index (κ2) is 11.0. The van der Waals surface area contributed by atoms with E-state index in [1.807, 2.05) is 43.3 Å². The molecule has 2 aliphatic rings. The maximum Gasteiger partial charge on any atom is 0.410 e. The fraction of sp³-hybridized carbons (Fsp3) is 0.480. The number of benzene rings is 1. The summed E-state index contributed by atoms with van der Waals surface area (Å²) in [5.74, 6) is 0.320. The minimum absolute atomic E-state index is 0.0288. The Labute approximate surface area is 213 Å². The van der Waals surface area contributed by atoms with Gasteiger partial charge in [0, 0.05) is 23.1 Å². The summed E-state index contributed by atoms with van der Waals surface area (Å²) in [6.07, 6.45) is 6.16. The molecule has 1 aromatic heterocycles. The smallest absolute Gasteiger partial charge is 0.410 e. The molecular formula is C25H30N2O6S2. The molecule has 2 N–H and O–H groups in total. The van der Waals surface area contributed by atoms with E-state index in [0.717, 1.165) is 37.0 Å². The van der Waals surface area contributed by atoms with E-state index in [-0.39, 0.29) is 29.3 Å². The molecule has 0 spiro atoms. The van der Waals surface area contributed by atoms with Gasteiger partial charge < -0.3 is 19.7 Å². The number of rotatable bonds is 11. The normalized spacial score (nSPS) is 22.1. The van der Waals surface area contributed by atoms with Gasteiger partial charge in [-0.15, -0.1) is 11.3 Å². The van der Waals surface area contributed by atoms with Gasteiger partial charge in [0.1, 0.15) is 11.9 Å². The third-order valence-corrected chi connectivity index (χ3v) is 8.81. The van der Waals surface area contributed by atoms with E-state index in [4.69, 9.17) is 14.6 Å². The van der Waals surface area contributed by atoms with Crippen molar-refractivity contribution < 1.29 is 29.3 Å². The number of cyclic esters (lactones) is 1. The highest BCUT2D eigenvalue weighted by molar-refractivity contribution is 8.01. The lowest BCUT2D eigenvalue weighted by Crippen LogP contribution is -2.43. The van der Waals surface area contributed by atoms with Crippen LogP contribution in [-0.2, 0) is 11.2 Å². The molecule has 35 heavy (non-hydrogen) atoms. The largest absolute Gasteiger partial charge is 0.497 e. The van der Waals surface area contributed by atoms with E-state index >= 15 is 0 Å². The first-order valence-corrected chi connectivity index (χ1v) is 13.5. The molecule has 2 fully saturated rings. The number of aromatic nitrogens is 1. The number of aliphatic hydroxyl groups is 1. The first-order valence-electron chi connectivity index (χ1n) is 11.6. The van der Waals surface area contributed by atoms with Gasteiger partial charge in [-0.05, 0) is 43.9 Å². The van der Waals surface area contributed by atoms with Crippen molar-refractivity contribution in [1.82, 2.24) is 9.88 Å². The van der Waals surface area contributed by atoms with Crippen molar-refractivity contribution in [2.75, 3.05) is 19.4 Å². The highest BCUT2D eigenvalue weighted by atomic mass is 32.2. The predicted molar refractivity (Wildman–Crippen MR) is 134 cm³/mol. The molecule has 2 aromatic rings. The number of methoxy groups -OCH3 is 1. The molecule has 10 heteroatoms. The summed E-state index contributed by atoms with van der Waals surface area (Å²) in [7, 11) is 1.64. The maximum absolute atomic E-state index is 12.4. The number of ether oxygens (including phenoxy) is 2. The molecule has 8 nitrogen and oxygen atoms in total. The molecule has 1 aliphatic heterocycles. The minimum atomic E-state index is -1.05. The number of aliphatic hydroxyl groups excluding tert-OH is 1. The van der Waals surface area contributed by atoms with Crippen molar-refractivity contribution in [2.45, 2.75) is 55.2 Å². The summed E-state index contributed by atoms with van der Waals surface area (Å²) in [5, 5.41) is 21.7. The number of thiazole rings is 1. The van der Waals surface area contributed by atoms with Crippen LogP contribution in [0, 0.1) is 5.41 Å². The van der Waals surface area contributed by atoms with Crippen LogP contribution in [0.3, 0.4) is 0 Å². The quantitative estimate of drug-likeness (QED) is 0.331. The third-order valence-electron chi connectivity index (χ3n) is 6.80. The minimum Gasteiger partial charge on any atom is -0.497 e. The Morgan fingerprint density at radius 2 is 2.14 bits per heavy atom. The van der Waals surface area contributed by atoms with Gasteiger partial charge in [0.25, 0.3) is 0 Å². The zero-order valence-electron chi connectivity index (χ0n) is 19.8. The second-order valence-corrected chi connectivity index (χ2v) is 11.2. The number of hydrogen-bond donors (Lipinski definition) is 2. The molecule has 188 valence electrons. The van der Waals surface area contributed by atoms with Crippen molar-refractivity contribution in [2.24, 2.45) is 5.41 Å². The van der Waals surface area contributed by atoms with E-state index in [9.17, 15) is 14.7 Å². The number of hydrogen-bond acceptors (Lipinski definition) is 8. The Balaban J connectivity index is 1.37. The van der Waals surface area contributed by atoms with Crippen molar-refractivity contribution in [1.29, 1.82) is 0 Å². The molecule has 0 bridgehead atoms. The van der Waals surface area contributed by atoms with Crippen LogP contribution in [0.5, 0.6) is 5.75 Å². The maximum atomic E-state index is 12.4. The topological polar surface area (TPSA) is 109 Å². The van der Waals surface area contributed by atoms with Crippen LogP contribution in [0.15, 0.2) is 46.1 Å². The molecule has 1 amide bonds. The SMILES string of the molecule is COc1ccc(CC2(C(O)C=C[C@H]3[C@H](C)OC(=O)N3CCSc3nc(C(=O)O)cs3)CCC2)cc1. The number of carboxylic acids is 1. The lowest BCUT2D eigenvalue weighted by atomic mass is 9.62. The van der Waals surface area contributed by atoms with Crippen LogP contribution in [0.4, 0.5) is 4.79 Å². The van der Waals surface area contributed by atoms with E-state index in [2.05, 4.69) is 4.98 Å². The van der Waals surface area contributed by atoms with Crippen molar-refractivity contribution in [3.05, 3.63) is 53.1 Å². The van der Waals surface area contributed by atoms with Gasteiger partial charge in [0.05, 0.1) is 19.3 Å². The lowest BCUT2D eigenvalue weighted by Gasteiger charge is -2.45. The van der Waals surface area contributed by atoms with Gasteiger partial charge in [-0.1, -0.05) is 42.5 Å². The molecule has 1 aliphatic carbocycles.